The van der Waals surface area contributed by atoms with Crippen LogP contribution in [0.4, 0.5) is 0 Å². The summed E-state index contributed by atoms with van der Waals surface area (Å²) in [4.78, 5) is 12.0. The van der Waals surface area contributed by atoms with E-state index in [4.69, 9.17) is 9.47 Å². The normalized spacial score (nSPS) is 10.4. The van der Waals surface area contributed by atoms with Gasteiger partial charge < -0.3 is 14.0 Å². The standard InChI is InChI=1S/C17H21NO3/c1-4-21-17(19)16-13(2)9-11-18(16)12-10-14-5-7-15(20-3)8-6-14/h5-9,11H,4,10,12H2,1-3H3. The van der Waals surface area contributed by atoms with Crippen LogP contribution in [-0.2, 0) is 17.7 Å². The molecule has 0 saturated carbocycles. The highest BCUT2D eigenvalue weighted by Crippen LogP contribution is 2.15. The van der Waals surface area contributed by atoms with E-state index in [1.54, 1.807) is 7.11 Å². The first-order valence-electron chi connectivity index (χ1n) is 7.11. The van der Waals surface area contributed by atoms with Crippen molar-refractivity contribution in [2.75, 3.05) is 13.7 Å². The minimum atomic E-state index is -0.255. The van der Waals surface area contributed by atoms with Gasteiger partial charge in [-0.2, -0.15) is 0 Å². The fourth-order valence-electron chi connectivity index (χ4n) is 2.29. The zero-order chi connectivity index (χ0) is 15.2. The number of aryl methyl sites for hydroxylation is 3. The van der Waals surface area contributed by atoms with Crippen LogP contribution < -0.4 is 4.74 Å². The van der Waals surface area contributed by atoms with Crippen molar-refractivity contribution >= 4 is 5.97 Å². The van der Waals surface area contributed by atoms with Crippen molar-refractivity contribution in [1.82, 2.24) is 4.57 Å². The number of benzene rings is 1. The smallest absolute Gasteiger partial charge is 0.355 e. The van der Waals surface area contributed by atoms with Crippen LogP contribution in [0.1, 0.15) is 28.5 Å². The zero-order valence-corrected chi connectivity index (χ0v) is 12.8. The Kier molecular flexibility index (Phi) is 5.04. The molecule has 1 aromatic heterocycles. The maximum atomic E-state index is 12.0. The predicted octanol–water partition coefficient (Wildman–Crippen LogP) is 3.22. The van der Waals surface area contributed by atoms with Gasteiger partial charge in [0.25, 0.3) is 0 Å². The van der Waals surface area contributed by atoms with E-state index in [1.807, 2.05) is 54.9 Å². The van der Waals surface area contributed by atoms with Crippen molar-refractivity contribution < 1.29 is 14.3 Å². The molecule has 0 aliphatic heterocycles. The second-order valence-electron chi connectivity index (χ2n) is 4.86. The molecular formula is C17H21NO3. The molecule has 21 heavy (non-hydrogen) atoms. The number of hydrogen-bond acceptors (Lipinski definition) is 3. The lowest BCUT2D eigenvalue weighted by atomic mass is 10.1. The van der Waals surface area contributed by atoms with Gasteiger partial charge in [0, 0.05) is 12.7 Å². The maximum absolute atomic E-state index is 12.0. The Morgan fingerprint density at radius 2 is 1.90 bits per heavy atom. The first-order valence-corrected chi connectivity index (χ1v) is 7.11. The van der Waals surface area contributed by atoms with Crippen molar-refractivity contribution in [2.24, 2.45) is 0 Å². The third kappa shape index (κ3) is 3.66. The molecule has 4 heteroatoms. The zero-order valence-electron chi connectivity index (χ0n) is 12.8. The minimum Gasteiger partial charge on any atom is -0.497 e. The fraction of sp³-hybridized carbons (Fsp3) is 0.353. The van der Waals surface area contributed by atoms with Gasteiger partial charge in [0.2, 0.25) is 0 Å². The predicted molar refractivity (Wildman–Crippen MR) is 81.8 cm³/mol. The Morgan fingerprint density at radius 3 is 2.52 bits per heavy atom. The van der Waals surface area contributed by atoms with E-state index in [0.717, 1.165) is 24.3 Å². The summed E-state index contributed by atoms with van der Waals surface area (Å²) in [7, 11) is 1.66. The minimum absolute atomic E-state index is 0.255. The van der Waals surface area contributed by atoms with Crippen LogP contribution in [0.5, 0.6) is 5.75 Å². The summed E-state index contributed by atoms with van der Waals surface area (Å²) in [6.45, 7) is 4.88. The maximum Gasteiger partial charge on any atom is 0.355 e. The number of hydrogen-bond donors (Lipinski definition) is 0. The first-order chi connectivity index (χ1) is 10.2. The highest BCUT2D eigenvalue weighted by Gasteiger charge is 2.15. The Bertz CT molecular complexity index is 599. The van der Waals surface area contributed by atoms with Gasteiger partial charge in [0.15, 0.2) is 0 Å². The van der Waals surface area contributed by atoms with Gasteiger partial charge >= 0.3 is 5.97 Å². The summed E-state index contributed by atoms with van der Waals surface area (Å²) in [6, 6.07) is 9.92. The topological polar surface area (TPSA) is 40.5 Å². The van der Waals surface area contributed by atoms with Crippen LogP contribution in [0, 0.1) is 6.92 Å². The summed E-state index contributed by atoms with van der Waals surface area (Å²) >= 11 is 0. The number of methoxy groups -OCH3 is 1. The van der Waals surface area contributed by atoms with Crippen LogP contribution in [0.3, 0.4) is 0 Å². The monoisotopic (exact) mass is 287 g/mol. The molecule has 0 aliphatic carbocycles. The second-order valence-corrected chi connectivity index (χ2v) is 4.86. The van der Waals surface area contributed by atoms with E-state index in [1.165, 1.54) is 5.56 Å². The molecule has 0 spiro atoms. The van der Waals surface area contributed by atoms with E-state index in [-0.39, 0.29) is 5.97 Å². The molecular weight excluding hydrogens is 266 g/mol. The Hall–Kier alpha value is -2.23. The van der Waals surface area contributed by atoms with E-state index < -0.39 is 0 Å². The average Bonchev–Trinajstić information content (AvgIpc) is 2.87. The van der Waals surface area contributed by atoms with E-state index in [9.17, 15) is 4.79 Å². The molecule has 4 nitrogen and oxygen atoms in total. The van der Waals surface area contributed by atoms with Gasteiger partial charge in [-0.05, 0) is 49.6 Å². The highest BCUT2D eigenvalue weighted by molar-refractivity contribution is 5.89. The molecule has 0 unspecified atom stereocenters. The van der Waals surface area contributed by atoms with Gasteiger partial charge in [-0.3, -0.25) is 0 Å². The summed E-state index contributed by atoms with van der Waals surface area (Å²) in [6.07, 6.45) is 2.79. The fourth-order valence-corrected chi connectivity index (χ4v) is 2.29. The Labute approximate surface area is 125 Å². The highest BCUT2D eigenvalue weighted by atomic mass is 16.5. The van der Waals surface area contributed by atoms with Crippen molar-refractivity contribution in [1.29, 1.82) is 0 Å². The molecule has 0 N–H and O–H groups in total. The second kappa shape index (κ2) is 6.97. The van der Waals surface area contributed by atoms with Crippen molar-refractivity contribution in [3.05, 3.63) is 53.3 Å². The van der Waals surface area contributed by atoms with Crippen molar-refractivity contribution in [3.63, 3.8) is 0 Å². The molecule has 1 heterocycles. The molecule has 2 rings (SSSR count). The Balaban J connectivity index is 2.07. The SMILES string of the molecule is CCOC(=O)c1c(C)ccn1CCc1ccc(OC)cc1. The Morgan fingerprint density at radius 1 is 1.19 bits per heavy atom. The van der Waals surface area contributed by atoms with Crippen LogP contribution in [0.25, 0.3) is 0 Å². The third-order valence-corrected chi connectivity index (χ3v) is 3.43. The molecule has 0 saturated heterocycles. The molecule has 1 aromatic carbocycles. The van der Waals surface area contributed by atoms with E-state index in [0.29, 0.717) is 12.3 Å². The van der Waals surface area contributed by atoms with Gasteiger partial charge in [-0.25, -0.2) is 4.79 Å². The number of aromatic nitrogens is 1. The number of carbonyl (C=O) groups is 1. The van der Waals surface area contributed by atoms with Crippen LogP contribution >= 0.6 is 0 Å². The lowest BCUT2D eigenvalue weighted by molar-refractivity contribution is 0.0513. The largest absolute Gasteiger partial charge is 0.497 e. The van der Waals surface area contributed by atoms with Crippen LogP contribution in [-0.4, -0.2) is 24.3 Å². The summed E-state index contributed by atoms with van der Waals surface area (Å²) in [5, 5.41) is 0. The quantitative estimate of drug-likeness (QED) is 0.766. The lowest BCUT2D eigenvalue weighted by Gasteiger charge is -2.10. The first kappa shape index (κ1) is 15.2. The molecule has 0 aliphatic rings. The van der Waals surface area contributed by atoms with Gasteiger partial charge in [0.1, 0.15) is 11.4 Å². The number of rotatable bonds is 6. The number of nitrogens with zero attached hydrogens (tertiary/aromatic N) is 1. The lowest BCUT2D eigenvalue weighted by Crippen LogP contribution is -2.14. The summed E-state index contributed by atoms with van der Waals surface area (Å²) < 4.78 is 12.2. The molecule has 0 radical (unpaired) electrons. The number of esters is 1. The van der Waals surface area contributed by atoms with Crippen molar-refractivity contribution in [3.8, 4) is 5.75 Å². The molecule has 2 aromatic rings. The molecule has 0 amide bonds. The van der Waals surface area contributed by atoms with Gasteiger partial charge in [-0.15, -0.1) is 0 Å². The molecule has 112 valence electrons. The van der Waals surface area contributed by atoms with Gasteiger partial charge in [-0.1, -0.05) is 12.1 Å². The van der Waals surface area contributed by atoms with Crippen molar-refractivity contribution in [2.45, 2.75) is 26.8 Å². The van der Waals surface area contributed by atoms with E-state index in [2.05, 4.69) is 0 Å². The molecule has 0 atom stereocenters. The van der Waals surface area contributed by atoms with E-state index >= 15 is 0 Å². The number of carbonyl (C=O) groups excluding carboxylic acids is 1. The molecule has 0 fully saturated rings. The van der Waals surface area contributed by atoms with Crippen LogP contribution in [0.2, 0.25) is 0 Å². The third-order valence-electron chi connectivity index (χ3n) is 3.43. The summed E-state index contributed by atoms with van der Waals surface area (Å²) in [5.41, 5.74) is 2.80. The average molecular weight is 287 g/mol. The van der Waals surface area contributed by atoms with Gasteiger partial charge in [0.05, 0.1) is 13.7 Å². The van der Waals surface area contributed by atoms with Crippen LogP contribution in [0.15, 0.2) is 36.5 Å². The number of ether oxygens (including phenoxy) is 2. The molecule has 0 bridgehead atoms. The summed E-state index contributed by atoms with van der Waals surface area (Å²) in [5.74, 6) is 0.595.